The SMILES string of the molecule is CC1CCN(c2ccc([C@H](C)NC(=O)c3ccccc3SCc3ccccc3)cc2)CC1. The van der Waals surface area contributed by atoms with Gasteiger partial charge in [0.2, 0.25) is 0 Å². The summed E-state index contributed by atoms with van der Waals surface area (Å²) in [6, 6.07) is 26.9. The number of nitrogens with zero attached hydrogens (tertiary/aromatic N) is 1. The highest BCUT2D eigenvalue weighted by atomic mass is 32.2. The lowest BCUT2D eigenvalue weighted by atomic mass is 9.98. The van der Waals surface area contributed by atoms with Gasteiger partial charge in [-0.15, -0.1) is 11.8 Å². The van der Waals surface area contributed by atoms with Crippen LogP contribution in [0, 0.1) is 5.92 Å². The van der Waals surface area contributed by atoms with E-state index in [9.17, 15) is 4.79 Å². The fourth-order valence-corrected chi connectivity index (χ4v) is 5.12. The molecule has 0 bridgehead atoms. The Kier molecular flexibility index (Phi) is 7.54. The highest BCUT2D eigenvalue weighted by Gasteiger charge is 2.18. The van der Waals surface area contributed by atoms with Crippen LogP contribution in [0.2, 0.25) is 0 Å². The molecule has 1 N–H and O–H groups in total. The van der Waals surface area contributed by atoms with Gasteiger partial charge < -0.3 is 10.2 Å². The van der Waals surface area contributed by atoms with E-state index in [0.717, 1.165) is 40.8 Å². The van der Waals surface area contributed by atoms with Crippen LogP contribution >= 0.6 is 11.8 Å². The number of rotatable bonds is 7. The normalized spacial score (nSPS) is 15.4. The Morgan fingerprint density at radius 1 is 0.969 bits per heavy atom. The first-order valence-electron chi connectivity index (χ1n) is 11.5. The van der Waals surface area contributed by atoms with E-state index in [2.05, 4.69) is 60.5 Å². The lowest BCUT2D eigenvalue weighted by Gasteiger charge is -2.32. The molecule has 0 spiro atoms. The van der Waals surface area contributed by atoms with Crippen molar-refractivity contribution in [2.75, 3.05) is 18.0 Å². The first-order valence-corrected chi connectivity index (χ1v) is 12.5. The highest BCUT2D eigenvalue weighted by molar-refractivity contribution is 7.98. The maximum absolute atomic E-state index is 13.1. The highest BCUT2D eigenvalue weighted by Crippen LogP contribution is 2.28. The molecule has 1 fully saturated rings. The molecule has 1 aliphatic heterocycles. The van der Waals surface area contributed by atoms with Crippen molar-refractivity contribution < 1.29 is 4.79 Å². The molecule has 3 nitrogen and oxygen atoms in total. The number of thioether (sulfide) groups is 1. The van der Waals surface area contributed by atoms with Crippen molar-refractivity contribution in [3.8, 4) is 0 Å². The number of benzene rings is 3. The van der Waals surface area contributed by atoms with E-state index >= 15 is 0 Å². The van der Waals surface area contributed by atoms with Gasteiger partial charge in [0.1, 0.15) is 0 Å². The van der Waals surface area contributed by atoms with Gasteiger partial charge in [-0.2, -0.15) is 0 Å². The molecule has 32 heavy (non-hydrogen) atoms. The average Bonchev–Trinajstić information content (AvgIpc) is 2.84. The molecule has 1 atom stereocenters. The second-order valence-electron chi connectivity index (χ2n) is 8.73. The van der Waals surface area contributed by atoms with Gasteiger partial charge in [-0.05, 0) is 61.1 Å². The van der Waals surface area contributed by atoms with Crippen LogP contribution in [0.15, 0.2) is 83.8 Å². The Balaban J connectivity index is 1.38. The minimum atomic E-state index is -0.0508. The van der Waals surface area contributed by atoms with Gasteiger partial charge in [-0.1, -0.05) is 61.5 Å². The zero-order valence-corrected chi connectivity index (χ0v) is 19.8. The average molecular weight is 445 g/mol. The van der Waals surface area contributed by atoms with Crippen molar-refractivity contribution in [1.29, 1.82) is 0 Å². The zero-order valence-electron chi connectivity index (χ0n) is 19.0. The van der Waals surface area contributed by atoms with Crippen molar-refractivity contribution >= 4 is 23.4 Å². The van der Waals surface area contributed by atoms with Crippen molar-refractivity contribution in [2.24, 2.45) is 5.92 Å². The summed E-state index contributed by atoms with van der Waals surface area (Å²) in [5.41, 5.74) is 4.40. The van der Waals surface area contributed by atoms with Crippen LogP contribution in [0.3, 0.4) is 0 Å². The molecule has 166 valence electrons. The minimum absolute atomic E-state index is 0.0252. The first-order chi connectivity index (χ1) is 15.6. The molecular formula is C28H32N2OS. The number of amides is 1. The summed E-state index contributed by atoms with van der Waals surface area (Å²) in [6.07, 6.45) is 2.52. The molecule has 4 heteroatoms. The van der Waals surface area contributed by atoms with E-state index in [1.807, 2.05) is 42.5 Å². The van der Waals surface area contributed by atoms with Gasteiger partial charge in [-0.3, -0.25) is 4.79 Å². The van der Waals surface area contributed by atoms with Crippen molar-refractivity contribution in [2.45, 2.75) is 43.4 Å². The second kappa shape index (κ2) is 10.7. The summed E-state index contributed by atoms with van der Waals surface area (Å²) in [5.74, 6) is 1.65. The summed E-state index contributed by atoms with van der Waals surface area (Å²) in [6.45, 7) is 6.65. The topological polar surface area (TPSA) is 32.3 Å². The van der Waals surface area contributed by atoms with Crippen LogP contribution < -0.4 is 10.2 Å². The van der Waals surface area contributed by atoms with E-state index in [1.54, 1.807) is 11.8 Å². The number of piperidine rings is 1. The van der Waals surface area contributed by atoms with Gasteiger partial charge in [0.05, 0.1) is 11.6 Å². The van der Waals surface area contributed by atoms with Gasteiger partial charge in [-0.25, -0.2) is 0 Å². The van der Waals surface area contributed by atoms with Crippen LogP contribution in [-0.2, 0) is 5.75 Å². The Morgan fingerprint density at radius 3 is 2.34 bits per heavy atom. The third kappa shape index (κ3) is 5.74. The largest absolute Gasteiger partial charge is 0.372 e. The van der Waals surface area contributed by atoms with Crippen molar-refractivity contribution in [1.82, 2.24) is 5.32 Å². The van der Waals surface area contributed by atoms with Gasteiger partial charge in [0.15, 0.2) is 0 Å². The zero-order chi connectivity index (χ0) is 22.3. The molecule has 1 saturated heterocycles. The molecule has 1 heterocycles. The van der Waals surface area contributed by atoms with Crippen LogP contribution in [0.5, 0.6) is 0 Å². The summed E-state index contributed by atoms with van der Waals surface area (Å²) >= 11 is 1.70. The molecule has 1 aliphatic rings. The quantitative estimate of drug-likeness (QED) is 0.411. The lowest BCUT2D eigenvalue weighted by molar-refractivity contribution is 0.0937. The van der Waals surface area contributed by atoms with Crippen LogP contribution in [0.4, 0.5) is 5.69 Å². The van der Waals surface area contributed by atoms with Crippen LogP contribution in [0.1, 0.15) is 54.2 Å². The van der Waals surface area contributed by atoms with Crippen LogP contribution in [0.25, 0.3) is 0 Å². The maximum atomic E-state index is 13.1. The number of carbonyl (C=O) groups is 1. The monoisotopic (exact) mass is 444 g/mol. The predicted molar refractivity (Wildman–Crippen MR) is 135 cm³/mol. The molecular weight excluding hydrogens is 412 g/mol. The van der Waals surface area contributed by atoms with E-state index in [1.165, 1.54) is 24.1 Å². The number of anilines is 1. The third-order valence-corrected chi connectivity index (χ3v) is 7.40. The Hall–Kier alpha value is -2.72. The van der Waals surface area contributed by atoms with E-state index < -0.39 is 0 Å². The van der Waals surface area contributed by atoms with Crippen LogP contribution in [-0.4, -0.2) is 19.0 Å². The first kappa shape index (κ1) is 22.5. The molecule has 0 aliphatic carbocycles. The molecule has 0 radical (unpaired) electrons. The Morgan fingerprint density at radius 2 is 1.62 bits per heavy atom. The van der Waals surface area contributed by atoms with Crippen molar-refractivity contribution in [3.05, 3.63) is 95.6 Å². The third-order valence-electron chi connectivity index (χ3n) is 6.26. The number of hydrogen-bond acceptors (Lipinski definition) is 3. The van der Waals surface area contributed by atoms with E-state index in [0.29, 0.717) is 0 Å². The summed E-state index contributed by atoms with van der Waals surface area (Å²) < 4.78 is 0. The van der Waals surface area contributed by atoms with E-state index in [-0.39, 0.29) is 11.9 Å². The van der Waals surface area contributed by atoms with Gasteiger partial charge in [0.25, 0.3) is 5.91 Å². The summed E-state index contributed by atoms with van der Waals surface area (Å²) in [4.78, 5) is 16.5. The molecule has 1 amide bonds. The number of nitrogens with one attached hydrogen (secondary N) is 1. The smallest absolute Gasteiger partial charge is 0.252 e. The second-order valence-corrected chi connectivity index (χ2v) is 9.74. The van der Waals surface area contributed by atoms with Gasteiger partial charge in [0, 0.05) is 29.4 Å². The fourth-order valence-electron chi connectivity index (χ4n) is 4.11. The lowest BCUT2D eigenvalue weighted by Crippen LogP contribution is -2.32. The van der Waals surface area contributed by atoms with Gasteiger partial charge >= 0.3 is 0 Å². The summed E-state index contributed by atoms with van der Waals surface area (Å²) in [5, 5.41) is 3.19. The number of carbonyl (C=O) groups excluding carboxylic acids is 1. The molecule has 4 rings (SSSR count). The minimum Gasteiger partial charge on any atom is -0.372 e. The number of hydrogen-bond donors (Lipinski definition) is 1. The Labute approximate surface area is 196 Å². The molecule has 0 unspecified atom stereocenters. The van der Waals surface area contributed by atoms with Crippen molar-refractivity contribution in [3.63, 3.8) is 0 Å². The standard InChI is InChI=1S/C28H32N2OS/c1-21-16-18-30(19-17-21)25-14-12-24(13-15-25)22(2)29-28(31)26-10-6-7-11-27(26)32-20-23-8-4-3-5-9-23/h3-15,21-22H,16-20H2,1-2H3,(H,29,31)/t22-/m0/s1. The fraction of sp³-hybridized carbons (Fsp3) is 0.321. The predicted octanol–water partition coefficient (Wildman–Crippen LogP) is 6.71. The maximum Gasteiger partial charge on any atom is 0.252 e. The molecule has 0 aromatic heterocycles. The molecule has 0 saturated carbocycles. The molecule has 3 aromatic rings. The molecule has 3 aromatic carbocycles. The summed E-state index contributed by atoms with van der Waals surface area (Å²) in [7, 11) is 0. The van der Waals surface area contributed by atoms with E-state index in [4.69, 9.17) is 0 Å². The Bertz CT molecular complexity index is 1010.